The molecule has 1 fully saturated rings. The lowest BCUT2D eigenvalue weighted by Crippen LogP contribution is -2.32. The van der Waals surface area contributed by atoms with Gasteiger partial charge in [-0.2, -0.15) is 0 Å². The van der Waals surface area contributed by atoms with Crippen molar-refractivity contribution in [2.24, 2.45) is 5.14 Å². The van der Waals surface area contributed by atoms with E-state index in [2.05, 4.69) is 0 Å². The maximum absolute atomic E-state index is 13.2. The first-order valence-corrected chi connectivity index (χ1v) is 7.15. The Kier molecular flexibility index (Phi) is 3.50. The molecular weight excluding hydrogens is 302 g/mol. The first kappa shape index (κ1) is 14.2. The van der Waals surface area contributed by atoms with E-state index in [4.69, 9.17) is 16.7 Å². The number of amides is 1. The highest BCUT2D eigenvalue weighted by atomic mass is 35.5. The third kappa shape index (κ3) is 2.70. The van der Waals surface area contributed by atoms with Gasteiger partial charge in [-0.05, 0) is 6.07 Å². The van der Waals surface area contributed by atoms with Crippen molar-refractivity contribution in [3.05, 3.63) is 28.8 Å². The lowest BCUT2D eigenvalue weighted by Gasteiger charge is -2.18. The molecule has 1 atom stereocenters. The second-order valence-electron chi connectivity index (χ2n) is 4.14. The van der Waals surface area contributed by atoms with Crippen LogP contribution in [0.25, 0.3) is 0 Å². The van der Waals surface area contributed by atoms with Gasteiger partial charge in [-0.25, -0.2) is 22.3 Å². The van der Waals surface area contributed by atoms with Gasteiger partial charge in [0.15, 0.2) is 11.6 Å². The van der Waals surface area contributed by atoms with Crippen molar-refractivity contribution >= 4 is 33.2 Å². The molecule has 0 bridgehead atoms. The van der Waals surface area contributed by atoms with E-state index in [0.29, 0.717) is 0 Å². The highest BCUT2D eigenvalue weighted by molar-refractivity contribution is 7.89. The summed E-state index contributed by atoms with van der Waals surface area (Å²) in [6.45, 7) is -0.234. The quantitative estimate of drug-likeness (QED) is 0.828. The topological polar surface area (TPSA) is 80.5 Å². The molecule has 5 nitrogen and oxygen atoms in total. The molecule has 19 heavy (non-hydrogen) atoms. The Balaban J connectivity index is 2.39. The van der Waals surface area contributed by atoms with Gasteiger partial charge in [-0.3, -0.25) is 4.79 Å². The van der Waals surface area contributed by atoms with Gasteiger partial charge in [-0.15, -0.1) is 0 Å². The number of rotatable bonds is 2. The summed E-state index contributed by atoms with van der Waals surface area (Å²) in [5.41, 5.74) is -0.0725. The van der Waals surface area contributed by atoms with E-state index in [0.717, 1.165) is 17.0 Å². The number of benzene rings is 1. The fourth-order valence-corrected chi connectivity index (χ4v) is 2.83. The van der Waals surface area contributed by atoms with Crippen LogP contribution in [-0.4, -0.2) is 26.1 Å². The predicted octanol–water partition coefficient (Wildman–Crippen LogP) is 1.01. The van der Waals surface area contributed by atoms with Crippen molar-refractivity contribution in [2.75, 3.05) is 11.4 Å². The van der Waals surface area contributed by atoms with Crippen molar-refractivity contribution in [2.45, 2.75) is 11.7 Å². The van der Waals surface area contributed by atoms with Crippen LogP contribution >= 0.6 is 11.6 Å². The van der Waals surface area contributed by atoms with Crippen LogP contribution in [0.2, 0.25) is 5.02 Å². The van der Waals surface area contributed by atoms with Gasteiger partial charge in [0, 0.05) is 19.0 Å². The number of hydrogen-bond donors (Lipinski definition) is 1. The van der Waals surface area contributed by atoms with E-state index < -0.39 is 32.8 Å². The fraction of sp³-hybridized carbons (Fsp3) is 0.300. The first-order valence-electron chi connectivity index (χ1n) is 5.16. The van der Waals surface area contributed by atoms with Gasteiger partial charge in [-0.1, -0.05) is 11.6 Å². The number of nitrogens with two attached hydrogens (primary N) is 1. The number of hydrogen-bond acceptors (Lipinski definition) is 3. The number of nitrogens with zero attached hydrogens (tertiary/aromatic N) is 1. The monoisotopic (exact) mass is 310 g/mol. The average molecular weight is 311 g/mol. The molecule has 2 N–H and O–H groups in total. The zero-order chi connectivity index (χ0) is 14.4. The highest BCUT2D eigenvalue weighted by Crippen LogP contribution is 2.32. The number of carbonyl (C=O) groups excluding carboxylic acids is 1. The van der Waals surface area contributed by atoms with Crippen LogP contribution in [0.4, 0.5) is 14.5 Å². The largest absolute Gasteiger partial charge is 0.309 e. The van der Waals surface area contributed by atoms with Crippen molar-refractivity contribution < 1.29 is 22.0 Å². The summed E-state index contributed by atoms with van der Waals surface area (Å²) in [5, 5.41) is 3.70. The molecule has 2 rings (SSSR count). The Morgan fingerprint density at radius 2 is 1.89 bits per heavy atom. The molecule has 1 heterocycles. The van der Waals surface area contributed by atoms with Crippen LogP contribution in [0.1, 0.15) is 6.42 Å². The van der Waals surface area contributed by atoms with Crippen molar-refractivity contribution in [3.63, 3.8) is 0 Å². The number of primary sulfonamides is 1. The molecule has 9 heteroatoms. The van der Waals surface area contributed by atoms with Crippen LogP contribution in [0.3, 0.4) is 0 Å². The van der Waals surface area contributed by atoms with Crippen LogP contribution < -0.4 is 10.0 Å². The smallest absolute Gasteiger partial charge is 0.228 e. The predicted molar refractivity (Wildman–Crippen MR) is 65.2 cm³/mol. The normalized spacial score (nSPS) is 20.1. The summed E-state index contributed by atoms with van der Waals surface area (Å²) in [6.07, 6.45) is -0.311. The van der Waals surface area contributed by atoms with Crippen LogP contribution in [-0.2, 0) is 14.8 Å². The van der Waals surface area contributed by atoms with Gasteiger partial charge < -0.3 is 4.90 Å². The van der Waals surface area contributed by atoms with E-state index in [1.165, 1.54) is 0 Å². The number of halogens is 3. The highest BCUT2D eigenvalue weighted by Gasteiger charge is 2.38. The molecule has 0 aliphatic carbocycles. The molecule has 0 radical (unpaired) electrons. The van der Waals surface area contributed by atoms with E-state index in [9.17, 15) is 22.0 Å². The molecule has 0 spiro atoms. The van der Waals surface area contributed by atoms with Crippen molar-refractivity contribution in [3.8, 4) is 0 Å². The van der Waals surface area contributed by atoms with Crippen LogP contribution in [0.15, 0.2) is 12.1 Å². The molecule has 104 valence electrons. The molecule has 1 unspecified atom stereocenters. The molecule has 1 aliphatic heterocycles. The standard InChI is InChI=1S/C10H9ClF2N2O3S/c11-6-2-7(12)8(13)3-9(6)15-4-5(1-10(15)16)19(14,17)18/h2-3,5H,1,4H2,(H2,14,17,18). The van der Waals surface area contributed by atoms with Crippen LogP contribution in [0.5, 0.6) is 0 Å². The number of carbonyl (C=O) groups is 1. The lowest BCUT2D eigenvalue weighted by molar-refractivity contribution is -0.117. The summed E-state index contributed by atoms with van der Waals surface area (Å²) in [5.74, 6) is -2.89. The first-order chi connectivity index (χ1) is 8.70. The lowest BCUT2D eigenvalue weighted by atomic mass is 10.2. The van der Waals surface area contributed by atoms with Gasteiger partial charge in [0.2, 0.25) is 15.9 Å². The summed E-state index contributed by atoms with van der Waals surface area (Å²) in [4.78, 5) is 12.7. The van der Waals surface area contributed by atoms with E-state index >= 15 is 0 Å². The minimum atomic E-state index is -3.88. The number of anilines is 1. The van der Waals surface area contributed by atoms with Crippen molar-refractivity contribution in [1.29, 1.82) is 0 Å². The third-order valence-electron chi connectivity index (χ3n) is 2.83. The Hall–Kier alpha value is -1.25. The Morgan fingerprint density at radius 1 is 1.32 bits per heavy atom. The summed E-state index contributed by atoms with van der Waals surface area (Å²) in [6, 6.07) is 1.48. The Bertz CT molecular complexity index is 650. The minimum Gasteiger partial charge on any atom is -0.309 e. The van der Waals surface area contributed by atoms with Gasteiger partial charge >= 0.3 is 0 Å². The molecular formula is C10H9ClF2N2O3S. The van der Waals surface area contributed by atoms with E-state index in [-0.39, 0.29) is 23.7 Å². The zero-order valence-electron chi connectivity index (χ0n) is 9.44. The minimum absolute atomic E-state index is 0.0725. The van der Waals surface area contributed by atoms with Gasteiger partial charge in [0.25, 0.3) is 0 Å². The van der Waals surface area contributed by atoms with Crippen LogP contribution in [0, 0.1) is 11.6 Å². The zero-order valence-corrected chi connectivity index (χ0v) is 11.0. The molecule has 1 aromatic rings. The SMILES string of the molecule is NS(=O)(=O)C1CC(=O)N(c2cc(F)c(F)cc2Cl)C1. The maximum atomic E-state index is 13.2. The molecule has 1 aromatic carbocycles. The maximum Gasteiger partial charge on any atom is 0.228 e. The van der Waals surface area contributed by atoms with Gasteiger partial charge in [0.05, 0.1) is 10.7 Å². The molecule has 1 saturated heterocycles. The second-order valence-corrected chi connectivity index (χ2v) is 6.39. The van der Waals surface area contributed by atoms with E-state index in [1.807, 2.05) is 0 Å². The Labute approximate surface area is 113 Å². The summed E-state index contributed by atoms with van der Waals surface area (Å²) < 4.78 is 48.5. The molecule has 0 saturated carbocycles. The molecule has 1 aliphatic rings. The Morgan fingerprint density at radius 3 is 2.42 bits per heavy atom. The summed E-state index contributed by atoms with van der Waals surface area (Å²) >= 11 is 5.73. The van der Waals surface area contributed by atoms with E-state index in [1.54, 1.807) is 0 Å². The average Bonchev–Trinajstić information content (AvgIpc) is 2.65. The van der Waals surface area contributed by atoms with Gasteiger partial charge in [0.1, 0.15) is 5.25 Å². The third-order valence-corrected chi connectivity index (χ3v) is 4.38. The molecule has 0 aromatic heterocycles. The fourth-order valence-electron chi connectivity index (χ4n) is 1.85. The second kappa shape index (κ2) is 4.69. The summed E-state index contributed by atoms with van der Waals surface area (Å²) in [7, 11) is -3.88. The molecule has 1 amide bonds. The number of sulfonamides is 1. The van der Waals surface area contributed by atoms with Crippen molar-refractivity contribution in [1.82, 2.24) is 0 Å².